The lowest BCUT2D eigenvalue weighted by molar-refractivity contribution is -0.140. The molecule has 1 aromatic carbocycles. The van der Waals surface area contributed by atoms with Crippen LogP contribution in [0.2, 0.25) is 0 Å². The number of aliphatic hydroxyl groups excluding tert-OH is 1. The van der Waals surface area contributed by atoms with Gasteiger partial charge in [-0.15, -0.1) is 0 Å². The van der Waals surface area contributed by atoms with Crippen molar-refractivity contribution in [3.05, 3.63) is 95.7 Å². The van der Waals surface area contributed by atoms with Crippen molar-refractivity contribution in [3.8, 4) is 0 Å². The maximum Gasteiger partial charge on any atom is 0.296 e. The number of benzene rings is 1. The lowest BCUT2D eigenvalue weighted by atomic mass is 9.98. The van der Waals surface area contributed by atoms with Gasteiger partial charge in [0.2, 0.25) is 0 Å². The van der Waals surface area contributed by atoms with E-state index in [-0.39, 0.29) is 17.9 Å². The summed E-state index contributed by atoms with van der Waals surface area (Å²) in [5.74, 6) is -1.11. The van der Waals surface area contributed by atoms with Gasteiger partial charge in [0, 0.05) is 11.8 Å². The van der Waals surface area contributed by atoms with E-state index in [4.69, 9.17) is 4.42 Å². The minimum atomic E-state index is -0.795. The van der Waals surface area contributed by atoms with Gasteiger partial charge in [0.05, 0.1) is 24.1 Å². The Hall–Kier alpha value is -3.67. The third-order valence-electron chi connectivity index (χ3n) is 4.46. The van der Waals surface area contributed by atoms with Crippen molar-refractivity contribution in [1.82, 2.24) is 9.88 Å². The van der Waals surface area contributed by atoms with Crippen LogP contribution in [0.5, 0.6) is 0 Å². The number of ketones is 1. The number of furan rings is 1. The fourth-order valence-corrected chi connectivity index (χ4v) is 3.21. The highest BCUT2D eigenvalue weighted by molar-refractivity contribution is 6.46. The Morgan fingerprint density at radius 1 is 1.04 bits per heavy atom. The van der Waals surface area contributed by atoms with Gasteiger partial charge in [0.25, 0.3) is 11.7 Å². The van der Waals surface area contributed by atoms with Crippen molar-refractivity contribution in [1.29, 1.82) is 0 Å². The van der Waals surface area contributed by atoms with Crippen LogP contribution in [0.3, 0.4) is 0 Å². The molecule has 3 aromatic rings. The number of carbonyl (C=O) groups excluding carboxylic acids is 2. The summed E-state index contributed by atoms with van der Waals surface area (Å²) in [4.78, 5) is 31.2. The fraction of sp³-hybridized carbons (Fsp3) is 0.0952. The summed E-state index contributed by atoms with van der Waals surface area (Å²) in [7, 11) is 0. The van der Waals surface area contributed by atoms with Gasteiger partial charge in [-0.05, 0) is 24.3 Å². The molecule has 1 saturated heterocycles. The molecule has 1 aliphatic rings. The zero-order valence-electron chi connectivity index (χ0n) is 14.3. The predicted molar refractivity (Wildman–Crippen MR) is 97.2 cm³/mol. The number of carbonyl (C=O) groups is 2. The van der Waals surface area contributed by atoms with Crippen LogP contribution in [0, 0.1) is 0 Å². The van der Waals surface area contributed by atoms with Gasteiger partial charge in [-0.2, -0.15) is 0 Å². The van der Waals surface area contributed by atoms with E-state index in [1.54, 1.807) is 60.8 Å². The second kappa shape index (κ2) is 6.92. The quantitative estimate of drug-likeness (QED) is 0.438. The number of nitrogens with zero attached hydrogens (tertiary/aromatic N) is 2. The molecule has 1 atom stereocenters. The van der Waals surface area contributed by atoms with Crippen LogP contribution in [-0.2, 0) is 16.1 Å². The molecule has 0 spiro atoms. The SMILES string of the molecule is O=C1C(=O)N(Cc2ccco2)C(c2ccccn2)/C1=C(/O)c1ccccc1. The first-order chi connectivity index (χ1) is 13.2. The van der Waals surface area contributed by atoms with Gasteiger partial charge in [-0.1, -0.05) is 36.4 Å². The number of pyridine rings is 1. The Morgan fingerprint density at radius 3 is 2.48 bits per heavy atom. The van der Waals surface area contributed by atoms with Crippen molar-refractivity contribution in [3.63, 3.8) is 0 Å². The third kappa shape index (κ3) is 3.01. The first kappa shape index (κ1) is 16.8. The average molecular weight is 360 g/mol. The molecule has 3 heterocycles. The second-order valence-electron chi connectivity index (χ2n) is 6.13. The molecule has 134 valence electrons. The second-order valence-corrected chi connectivity index (χ2v) is 6.13. The number of aliphatic hydroxyl groups is 1. The summed E-state index contributed by atoms with van der Waals surface area (Å²) < 4.78 is 5.34. The molecule has 4 rings (SSSR count). The molecule has 2 aromatic heterocycles. The number of aromatic nitrogens is 1. The summed E-state index contributed by atoms with van der Waals surface area (Å²) >= 11 is 0. The lowest BCUT2D eigenvalue weighted by Crippen LogP contribution is -2.29. The Balaban J connectivity index is 1.86. The number of amides is 1. The maximum atomic E-state index is 12.8. The molecule has 1 N–H and O–H groups in total. The highest BCUT2D eigenvalue weighted by Crippen LogP contribution is 2.39. The van der Waals surface area contributed by atoms with E-state index in [0.717, 1.165) is 0 Å². The maximum absolute atomic E-state index is 12.8. The van der Waals surface area contributed by atoms with Crippen LogP contribution in [0.1, 0.15) is 23.1 Å². The predicted octanol–water partition coefficient (Wildman–Crippen LogP) is 3.30. The highest BCUT2D eigenvalue weighted by Gasteiger charge is 2.47. The van der Waals surface area contributed by atoms with Gasteiger partial charge in [-0.25, -0.2) is 0 Å². The van der Waals surface area contributed by atoms with E-state index < -0.39 is 17.7 Å². The van der Waals surface area contributed by atoms with Gasteiger partial charge in [0.1, 0.15) is 17.6 Å². The molecule has 0 saturated carbocycles. The number of Topliss-reactive ketones (excluding diaryl/α,β-unsaturated/α-hetero) is 1. The normalized spacial score (nSPS) is 18.8. The largest absolute Gasteiger partial charge is 0.507 e. The fourth-order valence-electron chi connectivity index (χ4n) is 3.21. The molecular formula is C21H16N2O4. The van der Waals surface area contributed by atoms with Crippen molar-refractivity contribution < 1.29 is 19.1 Å². The van der Waals surface area contributed by atoms with Crippen LogP contribution in [0.15, 0.2) is 83.1 Å². The van der Waals surface area contributed by atoms with Crippen LogP contribution in [0.25, 0.3) is 5.76 Å². The molecule has 0 aliphatic carbocycles. The van der Waals surface area contributed by atoms with Crippen LogP contribution in [-0.4, -0.2) is 26.7 Å². The van der Waals surface area contributed by atoms with E-state index in [0.29, 0.717) is 17.0 Å². The van der Waals surface area contributed by atoms with Crippen molar-refractivity contribution in [2.45, 2.75) is 12.6 Å². The van der Waals surface area contributed by atoms with Crippen LogP contribution < -0.4 is 0 Å². The highest BCUT2D eigenvalue weighted by atomic mass is 16.3. The first-order valence-corrected chi connectivity index (χ1v) is 8.44. The minimum absolute atomic E-state index is 0.0245. The van der Waals surface area contributed by atoms with Crippen molar-refractivity contribution in [2.24, 2.45) is 0 Å². The molecule has 6 nitrogen and oxygen atoms in total. The summed E-state index contributed by atoms with van der Waals surface area (Å²) in [5, 5.41) is 10.8. The lowest BCUT2D eigenvalue weighted by Gasteiger charge is -2.23. The van der Waals surface area contributed by atoms with Gasteiger partial charge in [-0.3, -0.25) is 14.6 Å². The number of hydrogen-bond donors (Lipinski definition) is 1. The zero-order chi connectivity index (χ0) is 18.8. The number of rotatable bonds is 4. The molecule has 27 heavy (non-hydrogen) atoms. The topological polar surface area (TPSA) is 83.6 Å². The minimum Gasteiger partial charge on any atom is -0.507 e. The van der Waals surface area contributed by atoms with Gasteiger partial charge >= 0.3 is 0 Å². The molecule has 1 fully saturated rings. The molecule has 0 bridgehead atoms. The van der Waals surface area contributed by atoms with Crippen molar-refractivity contribution >= 4 is 17.4 Å². The van der Waals surface area contributed by atoms with E-state index in [9.17, 15) is 14.7 Å². The standard InChI is InChI=1S/C21H16N2O4/c24-19(14-7-2-1-3-8-14)17-18(16-10-4-5-11-22-16)23(21(26)20(17)25)13-15-9-6-12-27-15/h1-12,18,24H,13H2/b19-17-. The van der Waals surface area contributed by atoms with Crippen molar-refractivity contribution in [2.75, 3.05) is 0 Å². The Labute approximate surface area is 155 Å². The molecule has 1 amide bonds. The zero-order valence-corrected chi connectivity index (χ0v) is 14.3. The van der Waals surface area contributed by atoms with Gasteiger partial charge in [0.15, 0.2) is 0 Å². The Kier molecular flexibility index (Phi) is 4.30. The van der Waals surface area contributed by atoms with E-state index in [2.05, 4.69) is 4.98 Å². The van der Waals surface area contributed by atoms with Crippen LogP contribution in [0.4, 0.5) is 0 Å². The first-order valence-electron chi connectivity index (χ1n) is 8.44. The molecule has 6 heteroatoms. The average Bonchev–Trinajstić information content (AvgIpc) is 3.31. The molecule has 1 aliphatic heterocycles. The summed E-state index contributed by atoms with van der Waals surface area (Å²) in [6.07, 6.45) is 3.09. The Bertz CT molecular complexity index is 995. The third-order valence-corrected chi connectivity index (χ3v) is 4.46. The molecular weight excluding hydrogens is 344 g/mol. The number of likely N-dealkylation sites (tertiary alicyclic amines) is 1. The smallest absolute Gasteiger partial charge is 0.296 e. The van der Waals surface area contributed by atoms with Gasteiger partial charge < -0.3 is 14.4 Å². The summed E-state index contributed by atoms with van der Waals surface area (Å²) in [6.45, 7) is 0.102. The van der Waals surface area contributed by atoms with E-state index in [1.807, 2.05) is 6.07 Å². The summed E-state index contributed by atoms with van der Waals surface area (Å²) in [5.41, 5.74) is 0.992. The van der Waals surface area contributed by atoms with E-state index >= 15 is 0 Å². The molecule has 0 radical (unpaired) electrons. The molecule has 1 unspecified atom stereocenters. The Morgan fingerprint density at radius 2 is 1.81 bits per heavy atom. The monoisotopic (exact) mass is 360 g/mol. The van der Waals surface area contributed by atoms with Crippen LogP contribution >= 0.6 is 0 Å². The number of hydrogen-bond acceptors (Lipinski definition) is 5. The summed E-state index contributed by atoms with van der Waals surface area (Å²) in [6, 6.07) is 16.6. The van der Waals surface area contributed by atoms with E-state index in [1.165, 1.54) is 11.2 Å².